The van der Waals surface area contributed by atoms with Gasteiger partial charge in [0.05, 0.1) is 6.04 Å². The number of rotatable bonds is 1. The van der Waals surface area contributed by atoms with Crippen LogP contribution in [0.15, 0.2) is 23.9 Å². The lowest BCUT2D eigenvalue weighted by atomic mass is 9.72. The summed E-state index contributed by atoms with van der Waals surface area (Å²) in [7, 11) is 0. The number of dihydropyridines is 1. The summed E-state index contributed by atoms with van der Waals surface area (Å²) in [5.41, 5.74) is -0.879. The first kappa shape index (κ1) is 9.62. The van der Waals surface area contributed by atoms with Crippen LogP contribution in [0.25, 0.3) is 0 Å². The molecule has 0 aromatic rings. The first-order valence-electron chi connectivity index (χ1n) is 4.59. The van der Waals surface area contributed by atoms with Gasteiger partial charge < -0.3 is 5.32 Å². The van der Waals surface area contributed by atoms with Gasteiger partial charge in [-0.05, 0) is 19.2 Å². The first-order valence-corrected chi connectivity index (χ1v) is 4.59. The van der Waals surface area contributed by atoms with Crippen LogP contribution in [-0.2, 0) is 0 Å². The van der Waals surface area contributed by atoms with E-state index in [2.05, 4.69) is 5.32 Å². The van der Waals surface area contributed by atoms with Crippen LogP contribution in [0.5, 0.6) is 0 Å². The summed E-state index contributed by atoms with van der Waals surface area (Å²) in [5, 5.41) is 2.76. The predicted molar refractivity (Wildman–Crippen MR) is 47.8 cm³/mol. The predicted octanol–water partition coefficient (Wildman–Crippen LogP) is 2.56. The highest BCUT2D eigenvalue weighted by molar-refractivity contribution is 5.27. The summed E-state index contributed by atoms with van der Waals surface area (Å²) in [5.74, 6) is -2.82. The Morgan fingerprint density at radius 3 is 2.50 bits per heavy atom. The second kappa shape index (κ2) is 2.78. The topological polar surface area (TPSA) is 12.0 Å². The summed E-state index contributed by atoms with van der Waals surface area (Å²) in [4.78, 5) is 0. The van der Waals surface area contributed by atoms with Gasteiger partial charge in [0.15, 0.2) is 0 Å². The summed E-state index contributed by atoms with van der Waals surface area (Å²) < 4.78 is 39.0. The lowest BCUT2D eigenvalue weighted by Crippen LogP contribution is -2.59. The Kier molecular flexibility index (Phi) is 1.91. The maximum absolute atomic E-state index is 13.8. The molecule has 2 aliphatic rings. The van der Waals surface area contributed by atoms with Crippen LogP contribution in [0.2, 0.25) is 0 Å². The van der Waals surface area contributed by atoms with Gasteiger partial charge in [-0.3, -0.25) is 0 Å². The Morgan fingerprint density at radius 2 is 2.00 bits per heavy atom. The molecule has 0 bridgehead atoms. The van der Waals surface area contributed by atoms with Gasteiger partial charge >= 0.3 is 0 Å². The lowest BCUT2D eigenvalue weighted by Gasteiger charge is -2.45. The molecule has 0 amide bonds. The molecular formula is C10H12F3N. The lowest BCUT2D eigenvalue weighted by molar-refractivity contribution is -0.176. The normalized spacial score (nSPS) is 32.9. The highest BCUT2D eigenvalue weighted by atomic mass is 19.3. The Hall–Kier alpha value is -0.930. The maximum atomic E-state index is 13.8. The smallest absolute Gasteiger partial charge is 0.254 e. The minimum absolute atomic E-state index is 0.605. The molecule has 4 heteroatoms. The Labute approximate surface area is 80.7 Å². The van der Waals surface area contributed by atoms with Crippen LogP contribution < -0.4 is 5.32 Å². The van der Waals surface area contributed by atoms with E-state index in [9.17, 15) is 13.2 Å². The quantitative estimate of drug-likeness (QED) is 0.690. The third-order valence-electron chi connectivity index (χ3n) is 2.71. The number of halogens is 3. The van der Waals surface area contributed by atoms with Crippen molar-refractivity contribution in [3.63, 3.8) is 0 Å². The van der Waals surface area contributed by atoms with Gasteiger partial charge in [-0.2, -0.15) is 0 Å². The second-order valence-corrected chi connectivity index (χ2v) is 4.13. The zero-order valence-corrected chi connectivity index (χ0v) is 7.86. The molecule has 0 aromatic heterocycles. The molecule has 1 heterocycles. The van der Waals surface area contributed by atoms with E-state index in [0.29, 0.717) is 0 Å². The molecule has 0 saturated heterocycles. The molecule has 0 aromatic carbocycles. The van der Waals surface area contributed by atoms with Crippen LogP contribution in [-0.4, -0.2) is 17.6 Å². The van der Waals surface area contributed by atoms with E-state index in [0.717, 1.165) is 5.57 Å². The third-order valence-corrected chi connectivity index (χ3v) is 2.71. The van der Waals surface area contributed by atoms with E-state index in [4.69, 9.17) is 0 Å². The molecule has 0 spiro atoms. The first-order chi connectivity index (χ1) is 6.41. The van der Waals surface area contributed by atoms with Gasteiger partial charge in [0.2, 0.25) is 0 Å². The zero-order chi connectivity index (χ0) is 10.4. The van der Waals surface area contributed by atoms with Gasteiger partial charge in [0, 0.05) is 12.8 Å². The van der Waals surface area contributed by atoms with Crippen molar-refractivity contribution >= 4 is 0 Å². The molecule has 2 rings (SSSR count). The molecule has 1 aliphatic carbocycles. The fraction of sp³-hybridized carbons (Fsp3) is 0.600. The third kappa shape index (κ3) is 1.53. The van der Waals surface area contributed by atoms with Crippen LogP contribution >= 0.6 is 0 Å². The van der Waals surface area contributed by atoms with Gasteiger partial charge in [-0.15, -0.1) is 0 Å². The van der Waals surface area contributed by atoms with Crippen molar-refractivity contribution in [2.45, 2.75) is 37.4 Å². The largest absolute Gasteiger partial charge is 0.381 e. The van der Waals surface area contributed by atoms with E-state index in [1.165, 1.54) is 0 Å². The summed E-state index contributed by atoms with van der Waals surface area (Å²) in [6.45, 7) is 1.82. The van der Waals surface area contributed by atoms with Crippen LogP contribution in [0, 0.1) is 0 Å². The Morgan fingerprint density at radius 1 is 1.36 bits per heavy atom. The van der Waals surface area contributed by atoms with E-state index >= 15 is 0 Å². The maximum Gasteiger partial charge on any atom is 0.254 e. The van der Waals surface area contributed by atoms with Crippen molar-refractivity contribution in [3.05, 3.63) is 23.9 Å². The van der Waals surface area contributed by atoms with Gasteiger partial charge in [-0.25, -0.2) is 13.2 Å². The summed E-state index contributed by atoms with van der Waals surface area (Å²) in [6.07, 6.45) is 3.72. The summed E-state index contributed by atoms with van der Waals surface area (Å²) in [6, 6.07) is -0.605. The molecule has 1 nitrogen and oxygen atoms in total. The van der Waals surface area contributed by atoms with Gasteiger partial charge in [0.1, 0.15) is 5.67 Å². The van der Waals surface area contributed by atoms with Crippen LogP contribution in [0.1, 0.15) is 19.8 Å². The van der Waals surface area contributed by atoms with E-state index < -0.39 is 30.5 Å². The monoisotopic (exact) mass is 203 g/mol. The van der Waals surface area contributed by atoms with Crippen molar-refractivity contribution in [2.75, 3.05) is 0 Å². The van der Waals surface area contributed by atoms with Crippen molar-refractivity contribution < 1.29 is 13.2 Å². The van der Waals surface area contributed by atoms with Crippen molar-refractivity contribution in [1.29, 1.82) is 0 Å². The molecule has 1 unspecified atom stereocenters. The average Bonchev–Trinajstić information content (AvgIpc) is 2.00. The molecule has 1 saturated carbocycles. The van der Waals surface area contributed by atoms with Crippen molar-refractivity contribution in [2.24, 2.45) is 0 Å². The molecular weight excluding hydrogens is 191 g/mol. The van der Waals surface area contributed by atoms with Crippen molar-refractivity contribution in [1.82, 2.24) is 5.32 Å². The Bertz CT molecular complexity index is 298. The molecule has 78 valence electrons. The minimum Gasteiger partial charge on any atom is -0.381 e. The fourth-order valence-electron chi connectivity index (χ4n) is 1.98. The van der Waals surface area contributed by atoms with Crippen molar-refractivity contribution in [3.8, 4) is 0 Å². The minimum atomic E-state index is -2.82. The number of hydrogen-bond donors (Lipinski definition) is 1. The number of nitrogens with one attached hydrogen (secondary N) is 1. The van der Waals surface area contributed by atoms with E-state index in [-0.39, 0.29) is 0 Å². The van der Waals surface area contributed by atoms with Gasteiger partial charge in [0.25, 0.3) is 5.92 Å². The van der Waals surface area contributed by atoms with Crippen LogP contribution in [0.3, 0.4) is 0 Å². The average molecular weight is 203 g/mol. The number of allylic oxidation sites excluding steroid dienone is 2. The number of alkyl halides is 3. The molecule has 1 fully saturated rings. The second-order valence-electron chi connectivity index (χ2n) is 4.13. The van der Waals surface area contributed by atoms with Gasteiger partial charge in [-0.1, -0.05) is 11.6 Å². The standard InChI is InChI=1S/C10H12F3N/c1-7-2-3-14-8(4-7)9(11)5-10(12,13)6-9/h2-4,8,14H,5-6H2,1H3. The molecule has 1 aliphatic heterocycles. The van der Waals surface area contributed by atoms with E-state index in [1.807, 2.05) is 6.92 Å². The number of hydrogen-bond acceptors (Lipinski definition) is 1. The highest BCUT2D eigenvalue weighted by Gasteiger charge is 2.60. The fourth-order valence-corrected chi connectivity index (χ4v) is 1.98. The zero-order valence-electron chi connectivity index (χ0n) is 7.86. The van der Waals surface area contributed by atoms with E-state index in [1.54, 1.807) is 18.4 Å². The molecule has 1 N–H and O–H groups in total. The highest BCUT2D eigenvalue weighted by Crippen LogP contribution is 2.50. The SMILES string of the molecule is CC1=CC(C2(F)CC(F)(F)C2)NC=C1. The van der Waals surface area contributed by atoms with Crippen LogP contribution in [0.4, 0.5) is 13.2 Å². The summed E-state index contributed by atoms with van der Waals surface area (Å²) >= 11 is 0. The molecule has 1 atom stereocenters. The molecule has 14 heavy (non-hydrogen) atoms. The molecule has 0 radical (unpaired) electrons. The Balaban J connectivity index is 2.07.